The maximum Gasteiger partial charge on any atom is 0.275 e. The summed E-state index contributed by atoms with van der Waals surface area (Å²) in [4.78, 5) is 12.4. The lowest BCUT2D eigenvalue weighted by atomic mass is 10.0. The molecule has 126 valence electrons. The van der Waals surface area contributed by atoms with E-state index in [1.54, 1.807) is 18.2 Å². The smallest absolute Gasteiger partial charge is 0.275 e. The molecule has 5 heteroatoms. The van der Waals surface area contributed by atoms with Crippen molar-refractivity contribution in [3.05, 3.63) is 76.8 Å². The number of carbonyl (C=O) groups excluding carboxylic acids is 1. The molecular formula is C20H17ClN2O2. The SMILES string of the molecule is COc1ccc(Cl)cc1C(=O)N/N=C(/C)c1ccc2ccccc2c1. The zero-order chi connectivity index (χ0) is 17.8. The third-order valence-corrected chi connectivity index (χ3v) is 4.13. The Balaban J connectivity index is 1.82. The van der Waals surface area contributed by atoms with Gasteiger partial charge in [0.2, 0.25) is 0 Å². The van der Waals surface area contributed by atoms with Gasteiger partial charge in [-0.3, -0.25) is 4.79 Å². The van der Waals surface area contributed by atoms with Crippen LogP contribution in [-0.4, -0.2) is 18.7 Å². The van der Waals surface area contributed by atoms with Gasteiger partial charge in [0.15, 0.2) is 0 Å². The first-order chi connectivity index (χ1) is 12.1. The van der Waals surface area contributed by atoms with Gasteiger partial charge >= 0.3 is 0 Å². The van der Waals surface area contributed by atoms with Gasteiger partial charge in [0.25, 0.3) is 5.91 Å². The van der Waals surface area contributed by atoms with Crippen molar-refractivity contribution in [2.24, 2.45) is 5.10 Å². The molecule has 3 aromatic rings. The van der Waals surface area contributed by atoms with E-state index in [0.717, 1.165) is 16.3 Å². The molecule has 4 nitrogen and oxygen atoms in total. The normalized spacial score (nSPS) is 11.4. The number of carbonyl (C=O) groups is 1. The molecule has 0 bridgehead atoms. The van der Waals surface area contributed by atoms with Crippen molar-refractivity contribution in [2.45, 2.75) is 6.92 Å². The number of fused-ring (bicyclic) bond motifs is 1. The first-order valence-corrected chi connectivity index (χ1v) is 8.13. The Morgan fingerprint density at radius 3 is 2.56 bits per heavy atom. The van der Waals surface area contributed by atoms with Crippen LogP contribution in [0.15, 0.2) is 65.8 Å². The number of amides is 1. The Hall–Kier alpha value is -2.85. The van der Waals surface area contributed by atoms with Crippen LogP contribution >= 0.6 is 11.6 Å². The molecule has 0 aliphatic carbocycles. The number of nitrogens with zero attached hydrogens (tertiary/aromatic N) is 1. The van der Waals surface area contributed by atoms with E-state index in [2.05, 4.69) is 16.6 Å². The van der Waals surface area contributed by atoms with Crippen LogP contribution in [0.5, 0.6) is 5.75 Å². The van der Waals surface area contributed by atoms with Gasteiger partial charge in [-0.2, -0.15) is 5.10 Å². The molecule has 0 atom stereocenters. The Morgan fingerprint density at radius 1 is 1.04 bits per heavy atom. The third-order valence-electron chi connectivity index (χ3n) is 3.90. The first-order valence-electron chi connectivity index (χ1n) is 7.76. The number of ether oxygens (including phenoxy) is 1. The molecular weight excluding hydrogens is 336 g/mol. The summed E-state index contributed by atoms with van der Waals surface area (Å²) in [5.74, 6) is 0.0694. The van der Waals surface area contributed by atoms with Crippen molar-refractivity contribution >= 4 is 34.0 Å². The standard InChI is InChI=1S/C20H17ClN2O2/c1-13(15-8-7-14-5-3-4-6-16(14)11-15)22-23-20(24)18-12-17(21)9-10-19(18)25-2/h3-12H,1-2H3,(H,23,24)/b22-13-. The highest BCUT2D eigenvalue weighted by Crippen LogP contribution is 2.22. The first kappa shape index (κ1) is 17.0. The summed E-state index contributed by atoms with van der Waals surface area (Å²) in [5.41, 5.74) is 4.55. The molecule has 0 aliphatic rings. The lowest BCUT2D eigenvalue weighted by Crippen LogP contribution is -2.20. The van der Waals surface area contributed by atoms with Crippen LogP contribution in [0.1, 0.15) is 22.8 Å². The molecule has 0 saturated heterocycles. The second-order valence-electron chi connectivity index (χ2n) is 5.54. The van der Waals surface area contributed by atoms with Crippen molar-refractivity contribution in [1.82, 2.24) is 5.43 Å². The van der Waals surface area contributed by atoms with Gasteiger partial charge in [0, 0.05) is 5.02 Å². The zero-order valence-electron chi connectivity index (χ0n) is 13.9. The van der Waals surface area contributed by atoms with Gasteiger partial charge in [-0.05, 0) is 47.5 Å². The molecule has 1 N–H and O–H groups in total. The van der Waals surface area contributed by atoms with Gasteiger partial charge in [-0.15, -0.1) is 0 Å². The average molecular weight is 353 g/mol. The van der Waals surface area contributed by atoms with Gasteiger partial charge in [0.05, 0.1) is 18.4 Å². The van der Waals surface area contributed by atoms with Crippen molar-refractivity contribution in [2.75, 3.05) is 7.11 Å². The van der Waals surface area contributed by atoms with E-state index in [1.165, 1.54) is 7.11 Å². The molecule has 0 saturated carbocycles. The van der Waals surface area contributed by atoms with Crippen LogP contribution < -0.4 is 10.2 Å². The summed E-state index contributed by atoms with van der Waals surface area (Å²) in [6.45, 7) is 1.85. The number of nitrogens with one attached hydrogen (secondary N) is 1. The molecule has 0 radical (unpaired) electrons. The van der Waals surface area contributed by atoms with Crippen molar-refractivity contribution in [3.63, 3.8) is 0 Å². The fraction of sp³-hybridized carbons (Fsp3) is 0.100. The number of hydrogen-bond acceptors (Lipinski definition) is 3. The molecule has 0 unspecified atom stereocenters. The fourth-order valence-corrected chi connectivity index (χ4v) is 2.70. The van der Waals surface area contributed by atoms with E-state index in [0.29, 0.717) is 22.0 Å². The van der Waals surface area contributed by atoms with Gasteiger partial charge < -0.3 is 4.74 Å². The minimum atomic E-state index is -0.375. The zero-order valence-corrected chi connectivity index (χ0v) is 14.7. The Bertz CT molecular complexity index is 967. The Labute approximate surface area is 151 Å². The second kappa shape index (κ2) is 7.36. The molecule has 3 rings (SSSR count). The van der Waals surface area contributed by atoms with Crippen LogP contribution in [0, 0.1) is 0 Å². The van der Waals surface area contributed by atoms with Crippen LogP contribution in [0.2, 0.25) is 5.02 Å². The van der Waals surface area contributed by atoms with Crippen LogP contribution in [0.4, 0.5) is 0 Å². The summed E-state index contributed by atoms with van der Waals surface area (Å²) in [5, 5.41) is 6.94. The predicted molar refractivity (Wildman–Crippen MR) is 102 cm³/mol. The highest BCUT2D eigenvalue weighted by molar-refractivity contribution is 6.31. The molecule has 0 heterocycles. The van der Waals surface area contributed by atoms with Crippen molar-refractivity contribution in [3.8, 4) is 5.75 Å². The molecule has 0 aromatic heterocycles. The largest absolute Gasteiger partial charge is 0.496 e. The minimum Gasteiger partial charge on any atom is -0.496 e. The fourth-order valence-electron chi connectivity index (χ4n) is 2.53. The number of hydrogen-bond donors (Lipinski definition) is 1. The number of benzene rings is 3. The van der Waals surface area contributed by atoms with Gasteiger partial charge in [-0.1, -0.05) is 48.0 Å². The molecule has 0 fully saturated rings. The molecule has 25 heavy (non-hydrogen) atoms. The lowest BCUT2D eigenvalue weighted by molar-refractivity contribution is 0.0952. The summed E-state index contributed by atoms with van der Waals surface area (Å²) in [7, 11) is 1.50. The van der Waals surface area contributed by atoms with Crippen molar-refractivity contribution in [1.29, 1.82) is 0 Å². The van der Waals surface area contributed by atoms with Crippen LogP contribution in [-0.2, 0) is 0 Å². The summed E-state index contributed by atoms with van der Waals surface area (Å²) >= 11 is 5.96. The molecule has 1 amide bonds. The topological polar surface area (TPSA) is 50.7 Å². The Morgan fingerprint density at radius 2 is 1.80 bits per heavy atom. The van der Waals surface area contributed by atoms with Gasteiger partial charge in [-0.25, -0.2) is 5.43 Å². The Kier molecular flexibility index (Phi) is 5.00. The van der Waals surface area contributed by atoms with Crippen LogP contribution in [0.3, 0.4) is 0 Å². The monoisotopic (exact) mass is 352 g/mol. The number of rotatable bonds is 4. The van der Waals surface area contributed by atoms with E-state index in [9.17, 15) is 4.79 Å². The summed E-state index contributed by atoms with van der Waals surface area (Å²) in [6.07, 6.45) is 0. The molecule has 0 spiro atoms. The summed E-state index contributed by atoms with van der Waals surface area (Å²) in [6, 6.07) is 19.0. The van der Waals surface area contributed by atoms with Crippen LogP contribution in [0.25, 0.3) is 10.8 Å². The van der Waals surface area contributed by atoms with Gasteiger partial charge in [0.1, 0.15) is 5.75 Å². The highest BCUT2D eigenvalue weighted by atomic mass is 35.5. The molecule has 0 aliphatic heterocycles. The average Bonchev–Trinajstić information content (AvgIpc) is 2.65. The highest BCUT2D eigenvalue weighted by Gasteiger charge is 2.12. The van der Waals surface area contributed by atoms with E-state index in [1.807, 2.05) is 43.3 Å². The quantitative estimate of drug-likeness (QED) is 0.548. The number of halogens is 1. The van der Waals surface area contributed by atoms with E-state index >= 15 is 0 Å². The maximum atomic E-state index is 12.4. The lowest BCUT2D eigenvalue weighted by Gasteiger charge is -2.08. The van der Waals surface area contributed by atoms with E-state index in [-0.39, 0.29) is 5.91 Å². The van der Waals surface area contributed by atoms with Crippen molar-refractivity contribution < 1.29 is 9.53 Å². The third kappa shape index (κ3) is 3.80. The van der Waals surface area contributed by atoms with E-state index < -0.39 is 0 Å². The van der Waals surface area contributed by atoms with E-state index in [4.69, 9.17) is 16.3 Å². The second-order valence-corrected chi connectivity index (χ2v) is 5.98. The number of hydrazone groups is 1. The predicted octanol–water partition coefficient (Wildman–Crippen LogP) is 4.66. The number of methoxy groups -OCH3 is 1. The summed E-state index contributed by atoms with van der Waals surface area (Å²) < 4.78 is 5.19. The molecule has 3 aromatic carbocycles. The maximum absolute atomic E-state index is 12.4. The minimum absolute atomic E-state index is 0.338.